The summed E-state index contributed by atoms with van der Waals surface area (Å²) in [6, 6.07) is 13.9. The van der Waals surface area contributed by atoms with Gasteiger partial charge >= 0.3 is 11.9 Å². The van der Waals surface area contributed by atoms with Gasteiger partial charge in [-0.1, -0.05) is 12.1 Å². The third kappa shape index (κ3) is 5.68. The molecule has 0 aliphatic heterocycles. The number of methoxy groups -OCH3 is 2. The smallest absolute Gasteiger partial charge is 0.377 e. The van der Waals surface area contributed by atoms with E-state index in [1.807, 2.05) is 6.07 Å². The number of nitriles is 1. The number of ether oxygens (including phenoxy) is 4. The zero-order valence-electron chi connectivity index (χ0n) is 15.7. The first-order chi connectivity index (χ1) is 14.0. The summed E-state index contributed by atoms with van der Waals surface area (Å²) in [5.74, 6) is -2.30. The number of esters is 2. The molecule has 0 spiro atoms. The van der Waals surface area contributed by atoms with Crippen LogP contribution in [0.15, 0.2) is 60.6 Å². The van der Waals surface area contributed by atoms with Crippen molar-refractivity contribution in [1.82, 2.24) is 0 Å². The van der Waals surface area contributed by atoms with Crippen LogP contribution in [-0.2, 0) is 19.0 Å². The van der Waals surface area contributed by atoms with Gasteiger partial charge < -0.3 is 18.9 Å². The Kier molecular flexibility index (Phi) is 7.51. The summed E-state index contributed by atoms with van der Waals surface area (Å²) < 4.78 is 19.9. The van der Waals surface area contributed by atoms with Gasteiger partial charge in [-0.15, -0.1) is 0 Å². The van der Waals surface area contributed by atoms with E-state index < -0.39 is 24.3 Å². The fraction of sp³-hybridized carbons (Fsp3) is 0.143. The van der Waals surface area contributed by atoms with Gasteiger partial charge in [0.25, 0.3) is 0 Å². The van der Waals surface area contributed by atoms with Crippen molar-refractivity contribution in [3.8, 4) is 11.8 Å². The van der Waals surface area contributed by atoms with Crippen LogP contribution in [0, 0.1) is 11.3 Å². The molecule has 0 atom stereocenters. The molecule has 0 N–H and O–H groups in total. The van der Waals surface area contributed by atoms with E-state index in [2.05, 4.69) is 4.74 Å². The minimum atomic E-state index is -0.816. The summed E-state index contributed by atoms with van der Waals surface area (Å²) in [5, 5.41) is 8.78. The molecular weight excluding hydrogens is 378 g/mol. The lowest BCUT2D eigenvalue weighted by Crippen LogP contribution is -2.16. The highest BCUT2D eigenvalue weighted by molar-refractivity contribution is 6.00. The van der Waals surface area contributed by atoms with Crippen molar-refractivity contribution in [3.05, 3.63) is 77.2 Å². The average molecular weight is 395 g/mol. The molecule has 0 aliphatic carbocycles. The Morgan fingerprint density at radius 1 is 1.03 bits per heavy atom. The highest BCUT2D eigenvalue weighted by Crippen LogP contribution is 2.22. The van der Waals surface area contributed by atoms with Crippen molar-refractivity contribution in [2.45, 2.75) is 0 Å². The van der Waals surface area contributed by atoms with Gasteiger partial charge in [0.2, 0.25) is 5.76 Å². The third-order valence-electron chi connectivity index (χ3n) is 3.61. The Morgan fingerprint density at radius 2 is 1.72 bits per heavy atom. The van der Waals surface area contributed by atoms with Gasteiger partial charge in [0.15, 0.2) is 12.4 Å². The van der Waals surface area contributed by atoms with Crippen LogP contribution in [0.1, 0.15) is 26.3 Å². The zero-order valence-corrected chi connectivity index (χ0v) is 15.7. The summed E-state index contributed by atoms with van der Waals surface area (Å²) in [6.07, 6.45) is 1.03. The maximum absolute atomic E-state index is 12.4. The van der Waals surface area contributed by atoms with Crippen LogP contribution >= 0.6 is 0 Å². The second-order valence-corrected chi connectivity index (χ2v) is 5.50. The standard InChI is InChI=1S/C21H17NO7/c1-26-13-19(21(25)27-2)29-18-6-4-3-5-16(18)20(24)28-12-17(23)15-9-7-14(11-22)8-10-15/h3-10,13H,12H2,1-2H3. The Morgan fingerprint density at radius 3 is 2.34 bits per heavy atom. The van der Waals surface area contributed by atoms with E-state index in [-0.39, 0.29) is 17.1 Å². The number of hydrogen-bond donors (Lipinski definition) is 0. The lowest BCUT2D eigenvalue weighted by molar-refractivity contribution is -0.138. The summed E-state index contributed by atoms with van der Waals surface area (Å²) in [7, 11) is 2.49. The normalized spacial score (nSPS) is 10.4. The molecule has 0 radical (unpaired) electrons. The lowest BCUT2D eigenvalue weighted by Gasteiger charge is -2.12. The van der Waals surface area contributed by atoms with Gasteiger partial charge in [-0.05, 0) is 36.4 Å². The van der Waals surface area contributed by atoms with Crippen molar-refractivity contribution in [3.63, 3.8) is 0 Å². The van der Waals surface area contributed by atoms with E-state index in [4.69, 9.17) is 19.5 Å². The van der Waals surface area contributed by atoms with Gasteiger partial charge in [-0.3, -0.25) is 4.79 Å². The Bertz CT molecular complexity index is 971. The monoisotopic (exact) mass is 395 g/mol. The molecule has 0 bridgehead atoms. The van der Waals surface area contributed by atoms with Gasteiger partial charge in [0, 0.05) is 5.56 Å². The van der Waals surface area contributed by atoms with Crippen molar-refractivity contribution >= 4 is 17.7 Å². The topological polar surface area (TPSA) is 112 Å². The number of hydrogen-bond acceptors (Lipinski definition) is 8. The van der Waals surface area contributed by atoms with E-state index >= 15 is 0 Å². The van der Waals surface area contributed by atoms with Crippen LogP contribution in [0.2, 0.25) is 0 Å². The molecule has 2 rings (SSSR count). The Labute approximate surface area is 166 Å². The number of para-hydroxylation sites is 1. The molecule has 8 nitrogen and oxygen atoms in total. The molecule has 0 unspecified atom stereocenters. The maximum Gasteiger partial charge on any atom is 0.377 e. The zero-order chi connectivity index (χ0) is 21.2. The first kappa shape index (κ1) is 21.2. The first-order valence-corrected chi connectivity index (χ1v) is 8.28. The van der Waals surface area contributed by atoms with Crippen LogP contribution in [-0.4, -0.2) is 38.5 Å². The van der Waals surface area contributed by atoms with Crippen LogP contribution in [0.25, 0.3) is 0 Å². The maximum atomic E-state index is 12.4. The number of rotatable bonds is 8. The lowest BCUT2D eigenvalue weighted by atomic mass is 10.1. The summed E-state index contributed by atoms with van der Waals surface area (Å²) in [6.45, 7) is -0.503. The van der Waals surface area contributed by atoms with E-state index in [9.17, 15) is 14.4 Å². The Balaban J connectivity index is 2.11. The third-order valence-corrected chi connectivity index (χ3v) is 3.61. The molecule has 0 fully saturated rings. The minimum Gasteiger partial charge on any atom is -0.500 e. The molecule has 2 aromatic carbocycles. The molecule has 0 amide bonds. The molecule has 0 heterocycles. The molecule has 0 saturated carbocycles. The highest BCUT2D eigenvalue weighted by atomic mass is 16.6. The highest BCUT2D eigenvalue weighted by Gasteiger charge is 2.20. The number of carbonyl (C=O) groups excluding carboxylic acids is 3. The fourth-order valence-corrected chi connectivity index (χ4v) is 2.19. The molecule has 0 aromatic heterocycles. The Hall–Kier alpha value is -4.12. The van der Waals surface area contributed by atoms with Crippen molar-refractivity contribution in [1.29, 1.82) is 5.26 Å². The number of Topliss-reactive ketones (excluding diaryl/α,β-unsaturated/α-hetero) is 1. The number of ketones is 1. The van der Waals surface area contributed by atoms with Crippen molar-refractivity contribution in [2.75, 3.05) is 20.8 Å². The SMILES string of the molecule is COC=C(Oc1ccccc1C(=O)OCC(=O)c1ccc(C#N)cc1)C(=O)OC. The van der Waals surface area contributed by atoms with Crippen LogP contribution in [0.3, 0.4) is 0 Å². The van der Waals surface area contributed by atoms with Crippen LogP contribution in [0.4, 0.5) is 0 Å². The van der Waals surface area contributed by atoms with Crippen LogP contribution < -0.4 is 4.74 Å². The average Bonchev–Trinajstić information content (AvgIpc) is 2.76. The van der Waals surface area contributed by atoms with E-state index in [1.165, 1.54) is 50.6 Å². The number of carbonyl (C=O) groups is 3. The second-order valence-electron chi connectivity index (χ2n) is 5.50. The summed E-state index contributed by atoms with van der Waals surface area (Å²) in [5.41, 5.74) is 0.721. The van der Waals surface area contributed by atoms with E-state index in [1.54, 1.807) is 12.1 Å². The fourth-order valence-electron chi connectivity index (χ4n) is 2.19. The molecular formula is C21H17NO7. The van der Waals surface area contributed by atoms with Gasteiger partial charge in [0.1, 0.15) is 17.6 Å². The summed E-state index contributed by atoms with van der Waals surface area (Å²) in [4.78, 5) is 36.3. The quantitative estimate of drug-likeness (QED) is 0.290. The van der Waals surface area contributed by atoms with Crippen LogP contribution in [0.5, 0.6) is 5.75 Å². The van der Waals surface area contributed by atoms with E-state index in [0.717, 1.165) is 6.26 Å². The molecule has 29 heavy (non-hydrogen) atoms. The molecule has 8 heteroatoms. The number of benzene rings is 2. The second kappa shape index (κ2) is 10.3. The van der Waals surface area contributed by atoms with Gasteiger partial charge in [-0.2, -0.15) is 5.26 Å². The first-order valence-electron chi connectivity index (χ1n) is 8.28. The molecule has 148 valence electrons. The van der Waals surface area contributed by atoms with Crippen molar-refractivity contribution < 1.29 is 33.3 Å². The number of nitrogens with zero attached hydrogens (tertiary/aromatic N) is 1. The predicted molar refractivity (Wildman–Crippen MR) is 99.9 cm³/mol. The van der Waals surface area contributed by atoms with Crippen molar-refractivity contribution in [2.24, 2.45) is 0 Å². The summed E-state index contributed by atoms with van der Waals surface area (Å²) >= 11 is 0. The van der Waals surface area contributed by atoms with Gasteiger partial charge in [0.05, 0.1) is 25.9 Å². The van der Waals surface area contributed by atoms with E-state index in [0.29, 0.717) is 11.1 Å². The largest absolute Gasteiger partial charge is 0.500 e. The molecule has 2 aromatic rings. The molecule has 0 aliphatic rings. The molecule has 0 saturated heterocycles. The minimum absolute atomic E-state index is 0.00559. The van der Waals surface area contributed by atoms with Gasteiger partial charge in [-0.25, -0.2) is 9.59 Å². The predicted octanol–water partition coefficient (Wildman–Crippen LogP) is 2.64.